The number of unbranched alkanes of at least 4 members (excludes halogenated alkanes) is 2. The maximum atomic E-state index is 10.6. The van der Waals surface area contributed by atoms with Crippen LogP contribution in [0.25, 0.3) is 0 Å². The number of ether oxygens (including phenoxy) is 1. The molecule has 1 unspecified atom stereocenters. The molecule has 0 aromatic rings. The van der Waals surface area contributed by atoms with Crippen LogP contribution in [0.3, 0.4) is 0 Å². The third-order valence-electron chi connectivity index (χ3n) is 2.32. The number of esters is 1. The Morgan fingerprint density at radius 2 is 1.93 bits per heavy atom. The number of hydrogen-bond donors (Lipinski definition) is 0. The van der Waals surface area contributed by atoms with Gasteiger partial charge in [0.15, 0.2) is 0 Å². The van der Waals surface area contributed by atoms with Crippen molar-refractivity contribution in [2.45, 2.75) is 52.9 Å². The summed E-state index contributed by atoms with van der Waals surface area (Å²) in [5, 5.41) is 0. The first-order valence-corrected chi connectivity index (χ1v) is 5.34. The topological polar surface area (TPSA) is 26.3 Å². The van der Waals surface area contributed by atoms with Crippen LogP contribution in [0, 0.1) is 5.92 Å². The van der Waals surface area contributed by atoms with E-state index in [9.17, 15) is 4.79 Å². The van der Waals surface area contributed by atoms with E-state index in [0.717, 1.165) is 6.42 Å². The molecule has 0 radical (unpaired) electrons. The first-order chi connectivity index (χ1) is 6.20. The summed E-state index contributed by atoms with van der Waals surface area (Å²) < 4.78 is 4.99. The highest BCUT2D eigenvalue weighted by molar-refractivity contribution is 7.59. The Balaban J connectivity index is 0. The molecule has 0 bridgehead atoms. The van der Waals surface area contributed by atoms with Gasteiger partial charge in [0.2, 0.25) is 0 Å². The fourth-order valence-electron chi connectivity index (χ4n) is 1.32. The molecule has 2 nitrogen and oxygen atoms in total. The standard InChI is InChI=1S/C11H22O2.H2S/c1-4-6-7-8-11(5-2)9-13-10(3)12;/h11H,4-9H2,1-3H3;1H2. The Morgan fingerprint density at radius 1 is 1.29 bits per heavy atom. The van der Waals surface area contributed by atoms with Gasteiger partial charge < -0.3 is 4.74 Å². The fraction of sp³-hybridized carbons (Fsp3) is 0.909. The lowest BCUT2D eigenvalue weighted by Crippen LogP contribution is -2.11. The van der Waals surface area contributed by atoms with Crippen LogP contribution >= 0.6 is 13.5 Å². The van der Waals surface area contributed by atoms with Crippen molar-refractivity contribution in [1.29, 1.82) is 0 Å². The van der Waals surface area contributed by atoms with Crippen LogP contribution in [0.5, 0.6) is 0 Å². The molecule has 0 N–H and O–H groups in total. The minimum Gasteiger partial charge on any atom is -0.466 e. The summed E-state index contributed by atoms with van der Waals surface area (Å²) in [6.45, 7) is 6.43. The van der Waals surface area contributed by atoms with Crippen LogP contribution in [0.15, 0.2) is 0 Å². The predicted octanol–water partition coefficient (Wildman–Crippen LogP) is 3.27. The molecule has 0 aromatic heterocycles. The molecule has 0 rings (SSSR count). The van der Waals surface area contributed by atoms with E-state index in [-0.39, 0.29) is 19.5 Å². The zero-order valence-electron chi connectivity index (χ0n) is 9.64. The minimum absolute atomic E-state index is 0. The van der Waals surface area contributed by atoms with Crippen molar-refractivity contribution in [3.05, 3.63) is 0 Å². The average molecular weight is 220 g/mol. The molecule has 0 spiro atoms. The van der Waals surface area contributed by atoms with E-state index in [1.807, 2.05) is 0 Å². The van der Waals surface area contributed by atoms with E-state index < -0.39 is 0 Å². The number of carbonyl (C=O) groups is 1. The van der Waals surface area contributed by atoms with Gasteiger partial charge in [-0.2, -0.15) is 13.5 Å². The monoisotopic (exact) mass is 220 g/mol. The normalized spacial score (nSPS) is 11.6. The molecule has 0 aromatic carbocycles. The molecular formula is C11H24O2S. The number of carbonyl (C=O) groups excluding carboxylic acids is 1. The van der Waals surface area contributed by atoms with Gasteiger partial charge in [-0.3, -0.25) is 4.79 Å². The second kappa shape index (κ2) is 10.9. The van der Waals surface area contributed by atoms with E-state index in [0.29, 0.717) is 12.5 Å². The Labute approximate surface area is 94.9 Å². The zero-order valence-corrected chi connectivity index (χ0v) is 10.6. The van der Waals surface area contributed by atoms with Crippen molar-refractivity contribution in [3.8, 4) is 0 Å². The van der Waals surface area contributed by atoms with Crippen LogP contribution in [0.1, 0.15) is 52.9 Å². The molecule has 0 aliphatic heterocycles. The molecule has 0 amide bonds. The molecule has 0 aliphatic carbocycles. The lowest BCUT2D eigenvalue weighted by Gasteiger charge is -2.13. The molecule has 0 saturated carbocycles. The van der Waals surface area contributed by atoms with Crippen LogP contribution in [-0.4, -0.2) is 12.6 Å². The molecule has 0 saturated heterocycles. The predicted molar refractivity (Wildman–Crippen MR) is 64.9 cm³/mol. The van der Waals surface area contributed by atoms with Crippen molar-refractivity contribution in [2.24, 2.45) is 5.92 Å². The van der Waals surface area contributed by atoms with Crippen LogP contribution in [-0.2, 0) is 9.53 Å². The molecule has 86 valence electrons. The maximum Gasteiger partial charge on any atom is 0.302 e. The summed E-state index contributed by atoms with van der Waals surface area (Å²) in [5.41, 5.74) is 0. The van der Waals surface area contributed by atoms with E-state index in [2.05, 4.69) is 13.8 Å². The molecule has 14 heavy (non-hydrogen) atoms. The summed E-state index contributed by atoms with van der Waals surface area (Å²) in [7, 11) is 0. The quantitative estimate of drug-likeness (QED) is 0.486. The minimum atomic E-state index is -0.158. The van der Waals surface area contributed by atoms with E-state index in [4.69, 9.17) is 4.74 Å². The molecule has 0 aliphatic rings. The maximum absolute atomic E-state index is 10.6. The summed E-state index contributed by atoms with van der Waals surface area (Å²) in [5.74, 6) is 0.407. The van der Waals surface area contributed by atoms with Crippen LogP contribution < -0.4 is 0 Å². The summed E-state index contributed by atoms with van der Waals surface area (Å²) >= 11 is 0. The third kappa shape index (κ3) is 9.90. The van der Waals surface area contributed by atoms with Crippen molar-refractivity contribution in [2.75, 3.05) is 6.61 Å². The number of rotatable bonds is 7. The molecule has 0 heterocycles. The van der Waals surface area contributed by atoms with Gasteiger partial charge in [-0.05, 0) is 12.3 Å². The molecule has 3 heteroatoms. The summed E-state index contributed by atoms with van der Waals surface area (Å²) in [6.07, 6.45) is 6.10. The van der Waals surface area contributed by atoms with Crippen molar-refractivity contribution in [3.63, 3.8) is 0 Å². The Hall–Kier alpha value is -0.180. The van der Waals surface area contributed by atoms with Gasteiger partial charge in [-0.1, -0.05) is 39.5 Å². The highest BCUT2D eigenvalue weighted by atomic mass is 32.1. The summed E-state index contributed by atoms with van der Waals surface area (Å²) in [4.78, 5) is 10.6. The van der Waals surface area contributed by atoms with Gasteiger partial charge in [0.25, 0.3) is 0 Å². The first kappa shape index (κ1) is 16.3. The van der Waals surface area contributed by atoms with Gasteiger partial charge in [0.05, 0.1) is 6.61 Å². The molecular weight excluding hydrogens is 196 g/mol. The summed E-state index contributed by atoms with van der Waals surface area (Å²) in [6, 6.07) is 0. The Bertz CT molecular complexity index is 137. The molecule has 0 fully saturated rings. The van der Waals surface area contributed by atoms with E-state index in [1.54, 1.807) is 0 Å². The first-order valence-electron chi connectivity index (χ1n) is 5.34. The van der Waals surface area contributed by atoms with Crippen LogP contribution in [0.2, 0.25) is 0 Å². The SMILES string of the molecule is CCCCCC(CC)COC(C)=O.S. The van der Waals surface area contributed by atoms with Gasteiger partial charge in [-0.15, -0.1) is 0 Å². The van der Waals surface area contributed by atoms with E-state index >= 15 is 0 Å². The second-order valence-electron chi connectivity index (χ2n) is 3.57. The largest absolute Gasteiger partial charge is 0.466 e. The highest BCUT2D eigenvalue weighted by Gasteiger charge is 2.07. The number of hydrogen-bond acceptors (Lipinski definition) is 2. The Kier molecular flexibility index (Phi) is 12.7. The lowest BCUT2D eigenvalue weighted by molar-refractivity contribution is -0.142. The van der Waals surface area contributed by atoms with Crippen molar-refractivity contribution in [1.82, 2.24) is 0 Å². The van der Waals surface area contributed by atoms with Crippen molar-refractivity contribution >= 4 is 19.5 Å². The highest BCUT2D eigenvalue weighted by Crippen LogP contribution is 2.13. The van der Waals surface area contributed by atoms with Gasteiger partial charge >= 0.3 is 5.97 Å². The van der Waals surface area contributed by atoms with Crippen molar-refractivity contribution < 1.29 is 9.53 Å². The average Bonchev–Trinajstić information content (AvgIpc) is 2.10. The Morgan fingerprint density at radius 3 is 2.36 bits per heavy atom. The van der Waals surface area contributed by atoms with Crippen LogP contribution in [0.4, 0.5) is 0 Å². The molecule has 1 atom stereocenters. The second-order valence-corrected chi connectivity index (χ2v) is 3.57. The zero-order chi connectivity index (χ0) is 10.1. The third-order valence-corrected chi connectivity index (χ3v) is 2.32. The lowest BCUT2D eigenvalue weighted by atomic mass is 10.00. The van der Waals surface area contributed by atoms with Gasteiger partial charge in [0.1, 0.15) is 0 Å². The smallest absolute Gasteiger partial charge is 0.302 e. The van der Waals surface area contributed by atoms with Gasteiger partial charge in [0, 0.05) is 6.92 Å². The van der Waals surface area contributed by atoms with E-state index in [1.165, 1.54) is 32.6 Å². The van der Waals surface area contributed by atoms with Gasteiger partial charge in [-0.25, -0.2) is 0 Å². The fourth-order valence-corrected chi connectivity index (χ4v) is 1.32.